The summed E-state index contributed by atoms with van der Waals surface area (Å²) in [6.45, 7) is 7.83. The van der Waals surface area contributed by atoms with Crippen LogP contribution < -0.4 is 5.32 Å². The molecule has 2 fully saturated rings. The number of rotatable bonds is 3. The van der Waals surface area contributed by atoms with E-state index in [0.717, 1.165) is 6.54 Å². The zero-order chi connectivity index (χ0) is 13.0. The van der Waals surface area contributed by atoms with E-state index >= 15 is 0 Å². The van der Waals surface area contributed by atoms with E-state index in [1.807, 2.05) is 0 Å². The van der Waals surface area contributed by atoms with E-state index in [9.17, 15) is 5.11 Å². The molecule has 0 radical (unpaired) electrons. The normalized spacial score (nSPS) is 41.4. The van der Waals surface area contributed by atoms with Crippen molar-refractivity contribution in [3.8, 4) is 0 Å². The number of aliphatic hydroxyl groups excluding tert-OH is 1. The van der Waals surface area contributed by atoms with E-state index in [-0.39, 0.29) is 23.0 Å². The Morgan fingerprint density at radius 2 is 2.22 bits per heavy atom. The fourth-order valence-corrected chi connectivity index (χ4v) is 4.88. The first-order valence-corrected chi connectivity index (χ1v) is 7.78. The molecular formula is C15H23NOS. The Hall–Kier alpha value is -0.380. The van der Waals surface area contributed by atoms with Crippen LogP contribution in [0.1, 0.15) is 38.5 Å². The monoisotopic (exact) mass is 265 g/mol. The van der Waals surface area contributed by atoms with E-state index in [1.54, 1.807) is 11.3 Å². The van der Waals surface area contributed by atoms with Gasteiger partial charge in [0.05, 0.1) is 6.10 Å². The fourth-order valence-electron chi connectivity index (χ4n) is 4.22. The quantitative estimate of drug-likeness (QED) is 0.880. The van der Waals surface area contributed by atoms with Crippen LogP contribution in [0.25, 0.3) is 0 Å². The standard InChI is InChI=1S/C15H23NOS/c1-14(2)11-6-7-15(14,3)13(17)12(11)16-9-10-5-4-8-18-10/h4-5,8,11-13,16-17H,6-7,9H2,1-3H3/t11-,12-,13-,15+/m1/s1. The average Bonchev–Trinajstić information content (AvgIpc) is 2.93. The Morgan fingerprint density at radius 1 is 1.44 bits per heavy atom. The molecule has 0 spiro atoms. The Kier molecular flexibility index (Phi) is 2.85. The van der Waals surface area contributed by atoms with Gasteiger partial charge in [-0.2, -0.15) is 0 Å². The van der Waals surface area contributed by atoms with Crippen LogP contribution in [0.2, 0.25) is 0 Å². The van der Waals surface area contributed by atoms with Crippen molar-refractivity contribution in [1.82, 2.24) is 5.32 Å². The molecule has 0 aliphatic heterocycles. The van der Waals surface area contributed by atoms with Crippen molar-refractivity contribution in [1.29, 1.82) is 0 Å². The number of thiophene rings is 1. The topological polar surface area (TPSA) is 32.3 Å². The second kappa shape index (κ2) is 4.06. The summed E-state index contributed by atoms with van der Waals surface area (Å²) in [5, 5.41) is 16.4. The molecule has 0 aromatic carbocycles. The van der Waals surface area contributed by atoms with Crippen LogP contribution in [0.3, 0.4) is 0 Å². The lowest BCUT2D eigenvalue weighted by atomic mass is 9.70. The molecule has 0 saturated heterocycles. The molecular weight excluding hydrogens is 242 g/mol. The third-order valence-corrected chi connectivity index (χ3v) is 6.77. The summed E-state index contributed by atoms with van der Waals surface area (Å²) in [5.41, 5.74) is 0.338. The average molecular weight is 265 g/mol. The van der Waals surface area contributed by atoms with Crippen molar-refractivity contribution in [3.63, 3.8) is 0 Å². The molecule has 1 aromatic rings. The van der Waals surface area contributed by atoms with Crippen molar-refractivity contribution >= 4 is 11.3 Å². The number of nitrogens with one attached hydrogen (secondary N) is 1. The molecule has 4 atom stereocenters. The summed E-state index contributed by atoms with van der Waals surface area (Å²) in [7, 11) is 0. The van der Waals surface area contributed by atoms with E-state index in [4.69, 9.17) is 0 Å². The Morgan fingerprint density at radius 3 is 2.78 bits per heavy atom. The minimum absolute atomic E-state index is 0.0881. The van der Waals surface area contributed by atoms with Gasteiger partial charge in [0, 0.05) is 22.9 Å². The molecule has 1 heterocycles. The van der Waals surface area contributed by atoms with Crippen molar-refractivity contribution in [2.24, 2.45) is 16.7 Å². The Bertz CT molecular complexity index is 428. The third kappa shape index (κ3) is 1.54. The molecule has 2 nitrogen and oxygen atoms in total. The van der Waals surface area contributed by atoms with Crippen molar-refractivity contribution in [2.45, 2.75) is 52.3 Å². The number of aliphatic hydroxyl groups is 1. The van der Waals surface area contributed by atoms with Gasteiger partial charge in [-0.25, -0.2) is 0 Å². The number of hydrogen-bond acceptors (Lipinski definition) is 3. The van der Waals surface area contributed by atoms with Crippen LogP contribution in [0.5, 0.6) is 0 Å². The fraction of sp³-hybridized carbons (Fsp3) is 0.733. The molecule has 2 bridgehead atoms. The molecule has 0 amide bonds. The first kappa shape index (κ1) is 12.6. The van der Waals surface area contributed by atoms with Crippen LogP contribution in [0.15, 0.2) is 17.5 Å². The molecule has 100 valence electrons. The molecule has 2 aliphatic carbocycles. The summed E-state index contributed by atoms with van der Waals surface area (Å²) in [4.78, 5) is 1.35. The van der Waals surface area contributed by atoms with Crippen LogP contribution in [-0.2, 0) is 6.54 Å². The summed E-state index contributed by atoms with van der Waals surface area (Å²) < 4.78 is 0. The minimum atomic E-state index is -0.203. The number of fused-ring (bicyclic) bond motifs is 2. The van der Waals surface area contributed by atoms with Crippen LogP contribution >= 0.6 is 11.3 Å². The van der Waals surface area contributed by atoms with Gasteiger partial charge in [-0.15, -0.1) is 11.3 Å². The number of hydrogen-bond donors (Lipinski definition) is 2. The van der Waals surface area contributed by atoms with Gasteiger partial charge in [0.2, 0.25) is 0 Å². The van der Waals surface area contributed by atoms with Crippen LogP contribution in [0, 0.1) is 16.7 Å². The predicted octanol–water partition coefficient (Wildman–Crippen LogP) is 3.02. The lowest BCUT2D eigenvalue weighted by Gasteiger charge is -2.37. The maximum atomic E-state index is 10.6. The van der Waals surface area contributed by atoms with Gasteiger partial charge in [-0.1, -0.05) is 26.8 Å². The summed E-state index contributed by atoms with van der Waals surface area (Å²) in [5.74, 6) is 0.609. The minimum Gasteiger partial charge on any atom is -0.391 e. The van der Waals surface area contributed by atoms with Gasteiger partial charge < -0.3 is 10.4 Å². The highest BCUT2D eigenvalue weighted by Gasteiger charge is 2.65. The summed E-state index contributed by atoms with van der Waals surface area (Å²) in [6.07, 6.45) is 2.22. The molecule has 0 unspecified atom stereocenters. The molecule has 3 heteroatoms. The molecule has 3 rings (SSSR count). The highest BCUT2D eigenvalue weighted by Crippen LogP contribution is 2.65. The van der Waals surface area contributed by atoms with Crippen molar-refractivity contribution < 1.29 is 5.11 Å². The molecule has 1 aromatic heterocycles. The van der Waals surface area contributed by atoms with Crippen LogP contribution in [0.4, 0.5) is 0 Å². The van der Waals surface area contributed by atoms with E-state index in [0.29, 0.717) is 5.92 Å². The second-order valence-corrected chi connectivity index (χ2v) is 7.75. The highest BCUT2D eigenvalue weighted by atomic mass is 32.1. The molecule has 2 N–H and O–H groups in total. The van der Waals surface area contributed by atoms with E-state index < -0.39 is 0 Å². The van der Waals surface area contributed by atoms with Gasteiger partial charge >= 0.3 is 0 Å². The lowest BCUT2D eigenvalue weighted by molar-refractivity contribution is -0.000138. The van der Waals surface area contributed by atoms with Gasteiger partial charge in [-0.05, 0) is 35.6 Å². The maximum absolute atomic E-state index is 10.6. The van der Waals surface area contributed by atoms with Crippen LogP contribution in [-0.4, -0.2) is 17.3 Å². The Balaban J connectivity index is 1.75. The van der Waals surface area contributed by atoms with Crippen molar-refractivity contribution in [2.75, 3.05) is 0 Å². The first-order chi connectivity index (χ1) is 8.47. The van der Waals surface area contributed by atoms with Gasteiger partial charge in [-0.3, -0.25) is 0 Å². The lowest BCUT2D eigenvalue weighted by Crippen LogP contribution is -2.46. The largest absolute Gasteiger partial charge is 0.391 e. The SMILES string of the molecule is CC1(C)[C@@H]2CC[C@@]1(C)[C@H](O)[C@@H]2NCc1cccs1. The molecule has 2 aliphatic rings. The van der Waals surface area contributed by atoms with Gasteiger partial charge in [0.15, 0.2) is 0 Å². The molecule has 2 saturated carbocycles. The predicted molar refractivity (Wildman–Crippen MR) is 75.6 cm³/mol. The smallest absolute Gasteiger partial charge is 0.0754 e. The maximum Gasteiger partial charge on any atom is 0.0754 e. The van der Waals surface area contributed by atoms with Crippen molar-refractivity contribution in [3.05, 3.63) is 22.4 Å². The van der Waals surface area contributed by atoms with Gasteiger partial charge in [0.1, 0.15) is 0 Å². The van der Waals surface area contributed by atoms with E-state index in [1.165, 1.54) is 17.7 Å². The van der Waals surface area contributed by atoms with Gasteiger partial charge in [0.25, 0.3) is 0 Å². The highest BCUT2D eigenvalue weighted by molar-refractivity contribution is 7.09. The summed E-state index contributed by atoms with van der Waals surface area (Å²) in [6, 6.07) is 4.51. The second-order valence-electron chi connectivity index (χ2n) is 6.72. The Labute approximate surface area is 113 Å². The molecule has 18 heavy (non-hydrogen) atoms. The third-order valence-electron chi connectivity index (χ3n) is 5.89. The summed E-state index contributed by atoms with van der Waals surface area (Å²) >= 11 is 1.78. The zero-order valence-corrected chi connectivity index (χ0v) is 12.3. The van der Waals surface area contributed by atoms with E-state index in [2.05, 4.69) is 43.6 Å². The first-order valence-electron chi connectivity index (χ1n) is 6.90. The zero-order valence-electron chi connectivity index (χ0n) is 11.4.